The van der Waals surface area contributed by atoms with Gasteiger partial charge >= 0.3 is 0 Å². The summed E-state index contributed by atoms with van der Waals surface area (Å²) in [5.41, 5.74) is 4.76. The van der Waals surface area contributed by atoms with E-state index in [2.05, 4.69) is 22.1 Å². The topological polar surface area (TPSA) is 71.0 Å². The Balaban J connectivity index is 1.75. The molecule has 1 saturated heterocycles. The maximum atomic E-state index is 11.7. The standard InChI is InChI=1S/C18H21N5O/c1-11-8-9-23(11)18-21-14-5-3-4-13(14)16(22-18)12-6-7-15(20-10-12)17(24)19-2/h6-7,10-11H,3-5,8-9H2,1-2H3,(H,19,24). The Kier molecular flexibility index (Phi) is 3.67. The smallest absolute Gasteiger partial charge is 0.269 e. The third kappa shape index (κ3) is 2.42. The van der Waals surface area contributed by atoms with Crippen LogP contribution in [0.2, 0.25) is 0 Å². The van der Waals surface area contributed by atoms with Crippen LogP contribution in [-0.4, -0.2) is 40.5 Å². The molecule has 2 aliphatic rings. The molecule has 124 valence electrons. The number of nitrogens with zero attached hydrogens (tertiary/aromatic N) is 4. The molecule has 1 aliphatic heterocycles. The quantitative estimate of drug-likeness (QED) is 0.935. The minimum absolute atomic E-state index is 0.176. The SMILES string of the molecule is CNC(=O)c1ccc(-c2nc(N3CCC3C)nc3c2CCC3)cn1. The average Bonchev–Trinajstić information content (AvgIpc) is 3.07. The lowest BCUT2D eigenvalue weighted by molar-refractivity contribution is 0.0958. The van der Waals surface area contributed by atoms with Gasteiger partial charge in [-0.3, -0.25) is 9.78 Å². The molecular weight excluding hydrogens is 302 g/mol. The Hall–Kier alpha value is -2.50. The van der Waals surface area contributed by atoms with Gasteiger partial charge in [-0.1, -0.05) is 0 Å². The van der Waals surface area contributed by atoms with Gasteiger partial charge in [0.05, 0.1) is 5.69 Å². The predicted molar refractivity (Wildman–Crippen MR) is 92.1 cm³/mol. The van der Waals surface area contributed by atoms with Crippen LogP contribution in [-0.2, 0) is 12.8 Å². The van der Waals surface area contributed by atoms with Crippen molar-refractivity contribution in [1.29, 1.82) is 0 Å². The highest BCUT2D eigenvalue weighted by Gasteiger charge is 2.29. The molecule has 24 heavy (non-hydrogen) atoms. The van der Waals surface area contributed by atoms with Crippen molar-refractivity contribution in [1.82, 2.24) is 20.3 Å². The molecule has 1 amide bonds. The molecule has 1 aliphatic carbocycles. The third-order valence-electron chi connectivity index (χ3n) is 4.99. The van der Waals surface area contributed by atoms with Crippen molar-refractivity contribution in [3.8, 4) is 11.3 Å². The number of pyridine rings is 1. The number of anilines is 1. The van der Waals surface area contributed by atoms with Gasteiger partial charge in [0.2, 0.25) is 5.95 Å². The minimum Gasteiger partial charge on any atom is -0.354 e. The summed E-state index contributed by atoms with van der Waals surface area (Å²) in [6.07, 6.45) is 6.09. The maximum absolute atomic E-state index is 11.7. The molecule has 0 bridgehead atoms. The zero-order valence-corrected chi connectivity index (χ0v) is 14.0. The second kappa shape index (κ2) is 5.85. The zero-order chi connectivity index (χ0) is 16.7. The molecule has 3 heterocycles. The number of carbonyl (C=O) groups is 1. The van der Waals surface area contributed by atoms with Crippen LogP contribution >= 0.6 is 0 Å². The molecule has 2 aromatic rings. The lowest BCUT2D eigenvalue weighted by Crippen LogP contribution is -2.46. The Morgan fingerprint density at radius 3 is 2.79 bits per heavy atom. The van der Waals surface area contributed by atoms with E-state index in [1.807, 2.05) is 6.07 Å². The molecule has 6 heteroatoms. The first-order chi connectivity index (χ1) is 11.7. The fourth-order valence-corrected chi connectivity index (χ4v) is 3.40. The molecular formula is C18H21N5O. The van der Waals surface area contributed by atoms with E-state index in [0.29, 0.717) is 11.7 Å². The minimum atomic E-state index is -0.176. The predicted octanol–water partition coefficient (Wildman–Crippen LogP) is 1.99. The van der Waals surface area contributed by atoms with Gasteiger partial charge in [0.1, 0.15) is 5.69 Å². The summed E-state index contributed by atoms with van der Waals surface area (Å²) < 4.78 is 0. The average molecular weight is 323 g/mol. The molecule has 0 aromatic carbocycles. The van der Waals surface area contributed by atoms with Gasteiger partial charge in [-0.05, 0) is 44.7 Å². The van der Waals surface area contributed by atoms with Crippen LogP contribution in [0, 0.1) is 0 Å². The number of hydrogen-bond donors (Lipinski definition) is 1. The van der Waals surface area contributed by atoms with Crippen molar-refractivity contribution in [2.45, 2.75) is 38.6 Å². The van der Waals surface area contributed by atoms with Gasteiger partial charge in [0, 0.05) is 42.7 Å². The molecule has 0 spiro atoms. The van der Waals surface area contributed by atoms with E-state index in [1.165, 1.54) is 17.7 Å². The Labute approximate surface area is 141 Å². The van der Waals surface area contributed by atoms with Crippen molar-refractivity contribution >= 4 is 11.9 Å². The van der Waals surface area contributed by atoms with Crippen LogP contribution in [0.15, 0.2) is 18.3 Å². The van der Waals surface area contributed by atoms with Crippen molar-refractivity contribution in [2.24, 2.45) is 0 Å². The van der Waals surface area contributed by atoms with E-state index in [9.17, 15) is 4.79 Å². The van der Waals surface area contributed by atoms with Gasteiger partial charge in [-0.2, -0.15) is 0 Å². The first-order valence-electron chi connectivity index (χ1n) is 8.52. The van der Waals surface area contributed by atoms with Gasteiger partial charge < -0.3 is 10.2 Å². The highest BCUT2D eigenvalue weighted by Crippen LogP contribution is 2.33. The molecule has 1 N–H and O–H groups in total. The van der Waals surface area contributed by atoms with E-state index in [4.69, 9.17) is 9.97 Å². The number of rotatable bonds is 3. The first-order valence-corrected chi connectivity index (χ1v) is 8.52. The van der Waals surface area contributed by atoms with E-state index >= 15 is 0 Å². The zero-order valence-electron chi connectivity index (χ0n) is 14.0. The van der Waals surface area contributed by atoms with Crippen LogP contribution in [0.1, 0.15) is 41.5 Å². The maximum Gasteiger partial charge on any atom is 0.269 e. The summed E-state index contributed by atoms with van der Waals surface area (Å²) in [4.78, 5) is 27.9. The number of carbonyl (C=O) groups excluding carboxylic acids is 1. The molecule has 6 nitrogen and oxygen atoms in total. The van der Waals surface area contributed by atoms with E-state index in [0.717, 1.165) is 43.0 Å². The van der Waals surface area contributed by atoms with Gasteiger partial charge in [0.15, 0.2) is 0 Å². The molecule has 1 atom stereocenters. The fraction of sp³-hybridized carbons (Fsp3) is 0.444. The summed E-state index contributed by atoms with van der Waals surface area (Å²) in [6.45, 7) is 3.23. The van der Waals surface area contributed by atoms with Crippen molar-refractivity contribution in [2.75, 3.05) is 18.5 Å². The Morgan fingerprint density at radius 2 is 2.17 bits per heavy atom. The second-order valence-corrected chi connectivity index (χ2v) is 6.49. The van der Waals surface area contributed by atoms with E-state index in [1.54, 1.807) is 19.3 Å². The number of fused-ring (bicyclic) bond motifs is 1. The first kappa shape index (κ1) is 15.1. The van der Waals surface area contributed by atoms with Crippen LogP contribution < -0.4 is 10.2 Å². The van der Waals surface area contributed by atoms with E-state index < -0.39 is 0 Å². The summed E-state index contributed by atoms with van der Waals surface area (Å²) in [5.74, 6) is 0.657. The highest BCUT2D eigenvalue weighted by molar-refractivity contribution is 5.92. The number of aromatic nitrogens is 3. The number of hydrogen-bond acceptors (Lipinski definition) is 5. The van der Waals surface area contributed by atoms with Crippen LogP contribution in [0.3, 0.4) is 0 Å². The number of nitrogens with one attached hydrogen (secondary N) is 1. The Bertz CT molecular complexity index is 787. The van der Waals surface area contributed by atoms with Crippen molar-refractivity contribution < 1.29 is 4.79 Å². The summed E-state index contributed by atoms with van der Waals surface area (Å²) >= 11 is 0. The van der Waals surface area contributed by atoms with Crippen molar-refractivity contribution in [3.05, 3.63) is 35.3 Å². The van der Waals surface area contributed by atoms with E-state index in [-0.39, 0.29) is 5.91 Å². The molecule has 2 aromatic heterocycles. The normalized spacial score (nSPS) is 18.9. The van der Waals surface area contributed by atoms with Gasteiger partial charge in [0.25, 0.3) is 5.91 Å². The summed E-state index contributed by atoms with van der Waals surface area (Å²) in [6, 6.07) is 4.19. The largest absolute Gasteiger partial charge is 0.354 e. The van der Waals surface area contributed by atoms with Gasteiger partial charge in [-0.15, -0.1) is 0 Å². The molecule has 1 unspecified atom stereocenters. The summed E-state index contributed by atoms with van der Waals surface area (Å²) in [5, 5.41) is 2.59. The highest BCUT2D eigenvalue weighted by atomic mass is 16.1. The fourth-order valence-electron chi connectivity index (χ4n) is 3.40. The van der Waals surface area contributed by atoms with Crippen LogP contribution in [0.4, 0.5) is 5.95 Å². The Morgan fingerprint density at radius 1 is 1.29 bits per heavy atom. The number of amides is 1. The monoisotopic (exact) mass is 323 g/mol. The molecule has 4 rings (SSSR count). The van der Waals surface area contributed by atoms with Gasteiger partial charge in [-0.25, -0.2) is 9.97 Å². The van der Waals surface area contributed by atoms with Crippen LogP contribution in [0.25, 0.3) is 11.3 Å². The molecule has 0 saturated carbocycles. The molecule has 0 radical (unpaired) electrons. The lowest BCUT2D eigenvalue weighted by atomic mass is 10.0. The van der Waals surface area contributed by atoms with Crippen molar-refractivity contribution in [3.63, 3.8) is 0 Å². The second-order valence-electron chi connectivity index (χ2n) is 6.49. The molecule has 1 fully saturated rings. The number of aryl methyl sites for hydroxylation is 1. The van der Waals surface area contributed by atoms with Crippen LogP contribution in [0.5, 0.6) is 0 Å². The third-order valence-corrected chi connectivity index (χ3v) is 4.99. The summed E-state index contributed by atoms with van der Waals surface area (Å²) in [7, 11) is 1.61. The lowest BCUT2D eigenvalue weighted by Gasteiger charge is -2.39.